The number of rotatable bonds is 11. The Kier molecular flexibility index (Phi) is 8.57. The van der Waals surface area contributed by atoms with Gasteiger partial charge in [0.2, 0.25) is 0 Å². The molecule has 2 aromatic carbocycles. The van der Waals surface area contributed by atoms with Gasteiger partial charge >= 0.3 is 0 Å². The summed E-state index contributed by atoms with van der Waals surface area (Å²) in [6.07, 6.45) is 1.03. The van der Waals surface area contributed by atoms with Gasteiger partial charge in [0.25, 0.3) is 0 Å². The van der Waals surface area contributed by atoms with E-state index in [1.807, 2.05) is 43.3 Å². The number of hydrogen-bond donors (Lipinski definition) is 2. The molecule has 2 aromatic rings. The summed E-state index contributed by atoms with van der Waals surface area (Å²) in [7, 11) is 0.478. The van der Waals surface area contributed by atoms with Crippen LogP contribution in [0, 0.1) is 6.92 Å². The Morgan fingerprint density at radius 3 is 2.56 bits per heavy atom. The summed E-state index contributed by atoms with van der Waals surface area (Å²) in [6.45, 7) is 3.49. The predicted octanol–water partition coefficient (Wildman–Crippen LogP) is 2.15. The highest BCUT2D eigenvalue weighted by Crippen LogP contribution is 2.31. The van der Waals surface area contributed by atoms with E-state index in [4.69, 9.17) is 14.2 Å². The highest BCUT2D eigenvalue weighted by molar-refractivity contribution is 7.84. The number of nitrogens with one attached hydrogen (secondary N) is 1. The third-order valence-corrected chi connectivity index (χ3v) is 4.93. The lowest BCUT2D eigenvalue weighted by Crippen LogP contribution is -2.33. The molecule has 27 heavy (non-hydrogen) atoms. The number of aliphatic hydroxyl groups excluding tert-OH is 1. The van der Waals surface area contributed by atoms with Gasteiger partial charge in [-0.2, -0.15) is 0 Å². The standard InChI is InChI=1S/C20H27NO5S/c1-15-11-19(18(24-2)12-20(15)27(3)23)25-10-9-21-13-16(22)14-26-17-7-5-4-6-8-17/h4-8,11-12,16,21-22H,9-10,13-14H2,1-3H3. The fourth-order valence-electron chi connectivity index (χ4n) is 2.49. The number of aryl methyl sites for hydroxylation is 1. The Bertz CT molecular complexity index is 739. The topological polar surface area (TPSA) is 77.0 Å². The summed E-state index contributed by atoms with van der Waals surface area (Å²) in [5.74, 6) is 1.90. The fourth-order valence-corrected chi connectivity index (χ4v) is 3.28. The van der Waals surface area contributed by atoms with E-state index in [9.17, 15) is 9.32 Å². The van der Waals surface area contributed by atoms with Crippen molar-refractivity contribution in [2.45, 2.75) is 17.9 Å². The van der Waals surface area contributed by atoms with Crippen LogP contribution in [0.25, 0.3) is 0 Å². The predicted molar refractivity (Wildman–Crippen MR) is 106 cm³/mol. The average molecular weight is 394 g/mol. The maximum atomic E-state index is 11.7. The van der Waals surface area contributed by atoms with Crippen molar-refractivity contribution in [3.8, 4) is 17.2 Å². The minimum absolute atomic E-state index is 0.223. The highest BCUT2D eigenvalue weighted by Gasteiger charge is 2.12. The molecule has 0 fully saturated rings. The van der Waals surface area contributed by atoms with Crippen LogP contribution in [0.2, 0.25) is 0 Å². The van der Waals surface area contributed by atoms with Crippen LogP contribution in [0.5, 0.6) is 17.2 Å². The summed E-state index contributed by atoms with van der Waals surface area (Å²) in [5.41, 5.74) is 0.896. The molecule has 0 bridgehead atoms. The molecule has 0 spiro atoms. The monoisotopic (exact) mass is 393 g/mol. The first kappa shape index (κ1) is 21.2. The van der Waals surface area contributed by atoms with Crippen molar-refractivity contribution in [2.24, 2.45) is 0 Å². The molecule has 0 aliphatic rings. The van der Waals surface area contributed by atoms with Crippen molar-refractivity contribution in [1.29, 1.82) is 0 Å². The minimum atomic E-state index is -1.08. The molecule has 7 heteroatoms. The SMILES string of the molecule is COc1cc(S(C)=O)c(C)cc1OCCNCC(O)COc1ccccc1. The van der Waals surface area contributed by atoms with Crippen molar-refractivity contribution in [2.75, 3.05) is 39.7 Å². The second-order valence-corrected chi connectivity index (χ2v) is 7.40. The minimum Gasteiger partial charge on any atom is -0.493 e. The number of ether oxygens (including phenoxy) is 3. The zero-order valence-corrected chi connectivity index (χ0v) is 16.8. The maximum Gasteiger partial charge on any atom is 0.161 e. The van der Waals surface area contributed by atoms with Gasteiger partial charge in [0.1, 0.15) is 25.1 Å². The Balaban J connectivity index is 1.72. The van der Waals surface area contributed by atoms with Crippen molar-refractivity contribution in [3.63, 3.8) is 0 Å². The van der Waals surface area contributed by atoms with Gasteiger partial charge in [0.15, 0.2) is 11.5 Å². The fraction of sp³-hybridized carbons (Fsp3) is 0.400. The molecule has 2 unspecified atom stereocenters. The van der Waals surface area contributed by atoms with Gasteiger partial charge in [-0.1, -0.05) is 18.2 Å². The van der Waals surface area contributed by atoms with Crippen LogP contribution in [0.1, 0.15) is 5.56 Å². The van der Waals surface area contributed by atoms with Crippen molar-refractivity contribution < 1.29 is 23.5 Å². The van der Waals surface area contributed by atoms with Gasteiger partial charge in [-0.3, -0.25) is 4.21 Å². The summed E-state index contributed by atoms with van der Waals surface area (Å²) < 4.78 is 28.3. The molecular formula is C20H27NO5S. The third-order valence-electron chi connectivity index (χ3n) is 3.87. The number of para-hydroxylation sites is 1. The molecule has 2 N–H and O–H groups in total. The Morgan fingerprint density at radius 2 is 1.89 bits per heavy atom. The van der Waals surface area contributed by atoms with Crippen molar-refractivity contribution in [1.82, 2.24) is 5.32 Å². The molecule has 2 rings (SSSR count). The van der Waals surface area contributed by atoms with Gasteiger partial charge in [-0.25, -0.2) is 0 Å². The summed E-state index contributed by atoms with van der Waals surface area (Å²) in [5, 5.41) is 13.1. The summed E-state index contributed by atoms with van der Waals surface area (Å²) in [4.78, 5) is 0.735. The Hall–Kier alpha value is -2.09. The van der Waals surface area contributed by atoms with E-state index in [0.29, 0.717) is 31.2 Å². The highest BCUT2D eigenvalue weighted by atomic mass is 32.2. The molecule has 2 atom stereocenters. The quantitative estimate of drug-likeness (QED) is 0.570. The zero-order valence-electron chi connectivity index (χ0n) is 15.9. The van der Waals surface area contributed by atoms with Crippen LogP contribution in [0.4, 0.5) is 0 Å². The first-order valence-corrected chi connectivity index (χ1v) is 10.3. The van der Waals surface area contributed by atoms with Crippen LogP contribution < -0.4 is 19.5 Å². The lowest BCUT2D eigenvalue weighted by molar-refractivity contribution is 0.105. The third kappa shape index (κ3) is 6.86. The van der Waals surface area contributed by atoms with E-state index in [1.54, 1.807) is 19.4 Å². The molecule has 148 valence electrons. The zero-order chi connectivity index (χ0) is 19.6. The van der Waals surface area contributed by atoms with E-state index >= 15 is 0 Å². The second kappa shape index (κ2) is 10.9. The van der Waals surface area contributed by atoms with Gasteiger partial charge in [0, 0.05) is 30.3 Å². The molecule has 0 saturated carbocycles. The van der Waals surface area contributed by atoms with Crippen LogP contribution >= 0.6 is 0 Å². The normalized spacial score (nSPS) is 13.0. The molecule has 0 aliphatic heterocycles. The molecule has 0 radical (unpaired) electrons. The second-order valence-electron chi connectivity index (χ2n) is 6.05. The van der Waals surface area contributed by atoms with E-state index < -0.39 is 16.9 Å². The van der Waals surface area contributed by atoms with E-state index in [1.165, 1.54) is 0 Å². The Morgan fingerprint density at radius 1 is 1.15 bits per heavy atom. The molecular weight excluding hydrogens is 366 g/mol. The largest absolute Gasteiger partial charge is 0.493 e. The smallest absolute Gasteiger partial charge is 0.161 e. The van der Waals surface area contributed by atoms with Crippen molar-refractivity contribution >= 4 is 10.8 Å². The van der Waals surface area contributed by atoms with E-state index in [2.05, 4.69) is 5.32 Å². The van der Waals surface area contributed by atoms with E-state index in [-0.39, 0.29) is 6.61 Å². The van der Waals surface area contributed by atoms with Gasteiger partial charge in [-0.05, 0) is 30.7 Å². The summed E-state index contributed by atoms with van der Waals surface area (Å²) >= 11 is 0. The van der Waals surface area contributed by atoms with Crippen LogP contribution in [-0.2, 0) is 10.8 Å². The molecule has 6 nitrogen and oxygen atoms in total. The van der Waals surface area contributed by atoms with Crippen molar-refractivity contribution in [3.05, 3.63) is 48.0 Å². The number of aliphatic hydroxyl groups is 1. The van der Waals surface area contributed by atoms with Gasteiger partial charge < -0.3 is 24.6 Å². The maximum absolute atomic E-state index is 11.7. The molecule has 0 saturated heterocycles. The summed E-state index contributed by atoms with van der Waals surface area (Å²) in [6, 6.07) is 13.0. The Labute approximate surface area is 162 Å². The lowest BCUT2D eigenvalue weighted by atomic mass is 10.2. The van der Waals surface area contributed by atoms with Crippen LogP contribution in [0.15, 0.2) is 47.4 Å². The van der Waals surface area contributed by atoms with Crippen LogP contribution in [-0.4, -0.2) is 55.1 Å². The number of benzene rings is 2. The average Bonchev–Trinajstić information content (AvgIpc) is 2.66. The molecule has 0 heterocycles. The lowest BCUT2D eigenvalue weighted by Gasteiger charge is -2.15. The number of hydrogen-bond acceptors (Lipinski definition) is 6. The molecule has 0 amide bonds. The first-order chi connectivity index (χ1) is 13.0. The van der Waals surface area contributed by atoms with Gasteiger partial charge in [0.05, 0.1) is 17.9 Å². The van der Waals surface area contributed by atoms with Gasteiger partial charge in [-0.15, -0.1) is 0 Å². The van der Waals surface area contributed by atoms with Crippen LogP contribution in [0.3, 0.4) is 0 Å². The molecule has 0 aliphatic carbocycles. The van der Waals surface area contributed by atoms with E-state index in [0.717, 1.165) is 16.2 Å². The number of methoxy groups -OCH3 is 1. The molecule has 0 aromatic heterocycles. The first-order valence-electron chi connectivity index (χ1n) is 8.72.